The molecule has 0 aromatic heterocycles. The second-order valence-corrected chi connectivity index (χ2v) is 5.48. The molecular formula is C14H18Cl2N2O2. The number of Topliss-reactive ketones (excluding diaryl/α,β-unsaturated/α-hetero) is 1. The normalized spacial score (nSPS) is 10.7. The summed E-state index contributed by atoms with van der Waals surface area (Å²) < 4.78 is 0. The fourth-order valence-corrected chi connectivity index (χ4v) is 2.01. The number of carbonyl (C=O) groups excluding carboxylic acids is 2. The minimum atomic E-state index is -0.147. The van der Waals surface area contributed by atoms with Crippen LogP contribution in [-0.4, -0.2) is 55.2 Å². The lowest BCUT2D eigenvalue weighted by atomic mass is 10.1. The lowest BCUT2D eigenvalue weighted by Crippen LogP contribution is -2.39. The third kappa shape index (κ3) is 4.78. The summed E-state index contributed by atoms with van der Waals surface area (Å²) in [6, 6.07) is 4.78. The van der Waals surface area contributed by atoms with Gasteiger partial charge in [-0.05, 0) is 24.7 Å². The molecule has 1 aromatic carbocycles. The maximum atomic E-state index is 12.2. The summed E-state index contributed by atoms with van der Waals surface area (Å²) in [7, 11) is 3.37. The van der Waals surface area contributed by atoms with Crippen molar-refractivity contribution in [1.29, 1.82) is 0 Å². The molecule has 1 rings (SSSR count). The molecule has 0 radical (unpaired) electrons. The smallest absolute Gasteiger partial charge is 0.236 e. The number of carbonyl (C=O) groups is 2. The minimum absolute atomic E-state index is 0.0446. The Morgan fingerprint density at radius 1 is 1.15 bits per heavy atom. The number of amides is 1. The minimum Gasteiger partial charge on any atom is -0.348 e. The van der Waals surface area contributed by atoms with Crippen molar-refractivity contribution in [3.63, 3.8) is 0 Å². The molecule has 0 unspecified atom stereocenters. The predicted molar refractivity (Wildman–Crippen MR) is 81.6 cm³/mol. The molecule has 0 aliphatic heterocycles. The Bertz CT molecular complexity index is 504. The van der Waals surface area contributed by atoms with Crippen LogP contribution in [0.4, 0.5) is 0 Å². The molecule has 20 heavy (non-hydrogen) atoms. The van der Waals surface area contributed by atoms with Crippen LogP contribution in [0.2, 0.25) is 10.0 Å². The molecule has 0 fully saturated rings. The van der Waals surface area contributed by atoms with E-state index in [0.717, 1.165) is 0 Å². The monoisotopic (exact) mass is 316 g/mol. The van der Waals surface area contributed by atoms with Gasteiger partial charge in [-0.25, -0.2) is 0 Å². The SMILES string of the molecule is CCN(CC(=O)c1cc(Cl)ccc1Cl)CC(=O)N(C)C. The number of hydrogen-bond acceptors (Lipinski definition) is 3. The van der Waals surface area contributed by atoms with Crippen molar-refractivity contribution in [3.8, 4) is 0 Å². The van der Waals surface area contributed by atoms with Gasteiger partial charge in [0.25, 0.3) is 0 Å². The van der Waals surface area contributed by atoms with Crippen LogP contribution in [0.3, 0.4) is 0 Å². The summed E-state index contributed by atoms with van der Waals surface area (Å²) in [6.07, 6.45) is 0. The van der Waals surface area contributed by atoms with Gasteiger partial charge in [-0.15, -0.1) is 0 Å². The van der Waals surface area contributed by atoms with Crippen LogP contribution in [0.1, 0.15) is 17.3 Å². The van der Waals surface area contributed by atoms with Crippen molar-refractivity contribution in [3.05, 3.63) is 33.8 Å². The molecule has 110 valence electrons. The first-order valence-electron chi connectivity index (χ1n) is 6.26. The molecule has 0 saturated carbocycles. The summed E-state index contributed by atoms with van der Waals surface area (Å²) in [5.41, 5.74) is 0.384. The van der Waals surface area contributed by atoms with Gasteiger partial charge >= 0.3 is 0 Å². The highest BCUT2D eigenvalue weighted by Gasteiger charge is 2.17. The first-order valence-corrected chi connectivity index (χ1v) is 7.01. The average molecular weight is 317 g/mol. The lowest BCUT2D eigenvalue weighted by molar-refractivity contribution is -0.129. The molecule has 0 heterocycles. The standard InChI is InChI=1S/C14H18Cl2N2O2/c1-4-18(9-14(20)17(2)3)8-13(19)11-7-10(15)5-6-12(11)16/h5-7H,4,8-9H2,1-3H3. The highest BCUT2D eigenvalue weighted by Crippen LogP contribution is 2.21. The molecular weight excluding hydrogens is 299 g/mol. The van der Waals surface area contributed by atoms with Gasteiger partial charge in [0, 0.05) is 24.7 Å². The van der Waals surface area contributed by atoms with Gasteiger partial charge in [-0.2, -0.15) is 0 Å². The predicted octanol–water partition coefficient (Wildman–Crippen LogP) is 2.59. The zero-order valence-corrected chi connectivity index (χ0v) is 13.3. The fourth-order valence-electron chi connectivity index (χ4n) is 1.61. The van der Waals surface area contributed by atoms with E-state index in [1.807, 2.05) is 6.92 Å². The second kappa shape index (κ2) is 7.62. The van der Waals surface area contributed by atoms with E-state index >= 15 is 0 Å². The van der Waals surface area contributed by atoms with Gasteiger partial charge in [0.1, 0.15) is 0 Å². The third-order valence-corrected chi connectivity index (χ3v) is 3.47. The summed E-state index contributed by atoms with van der Waals surface area (Å²) in [4.78, 5) is 27.2. The van der Waals surface area contributed by atoms with Crippen molar-refractivity contribution in [2.75, 3.05) is 33.7 Å². The van der Waals surface area contributed by atoms with E-state index in [2.05, 4.69) is 0 Å². The highest BCUT2D eigenvalue weighted by atomic mass is 35.5. The van der Waals surface area contributed by atoms with Gasteiger partial charge in [-0.3, -0.25) is 14.5 Å². The quantitative estimate of drug-likeness (QED) is 0.757. The molecule has 0 N–H and O–H groups in total. The Morgan fingerprint density at radius 2 is 1.80 bits per heavy atom. The van der Waals surface area contributed by atoms with E-state index in [9.17, 15) is 9.59 Å². The number of ketones is 1. The van der Waals surface area contributed by atoms with Crippen molar-refractivity contribution in [2.45, 2.75) is 6.92 Å². The Hall–Kier alpha value is -1.10. The van der Waals surface area contributed by atoms with Crippen LogP contribution in [0.15, 0.2) is 18.2 Å². The summed E-state index contributed by atoms with van der Waals surface area (Å²) in [6.45, 7) is 2.84. The first kappa shape index (κ1) is 17.0. The zero-order valence-electron chi connectivity index (χ0n) is 11.8. The van der Waals surface area contributed by atoms with E-state index < -0.39 is 0 Å². The third-order valence-electron chi connectivity index (χ3n) is 2.90. The number of benzene rings is 1. The van der Waals surface area contributed by atoms with Crippen molar-refractivity contribution >= 4 is 34.9 Å². The van der Waals surface area contributed by atoms with Crippen molar-refractivity contribution in [1.82, 2.24) is 9.80 Å². The zero-order chi connectivity index (χ0) is 15.3. The van der Waals surface area contributed by atoms with E-state index in [1.54, 1.807) is 37.2 Å². The van der Waals surface area contributed by atoms with Crippen molar-refractivity contribution < 1.29 is 9.59 Å². The van der Waals surface area contributed by atoms with Crippen LogP contribution in [0.25, 0.3) is 0 Å². The molecule has 0 aliphatic carbocycles. The first-order chi connectivity index (χ1) is 9.35. The van der Waals surface area contributed by atoms with Crippen molar-refractivity contribution in [2.24, 2.45) is 0 Å². The van der Waals surface area contributed by atoms with Gasteiger partial charge in [0.15, 0.2) is 5.78 Å². The van der Waals surface area contributed by atoms with Crippen LogP contribution < -0.4 is 0 Å². The molecule has 6 heteroatoms. The van der Waals surface area contributed by atoms with E-state index in [4.69, 9.17) is 23.2 Å². The van der Waals surface area contributed by atoms with Gasteiger partial charge < -0.3 is 4.90 Å². The fraction of sp³-hybridized carbons (Fsp3) is 0.429. The molecule has 1 amide bonds. The largest absolute Gasteiger partial charge is 0.348 e. The maximum absolute atomic E-state index is 12.2. The Balaban J connectivity index is 2.77. The number of nitrogens with zero attached hydrogens (tertiary/aromatic N) is 2. The summed E-state index contributed by atoms with van der Waals surface area (Å²) >= 11 is 11.9. The maximum Gasteiger partial charge on any atom is 0.236 e. The summed E-state index contributed by atoms with van der Waals surface area (Å²) in [5.74, 6) is -0.192. The number of hydrogen-bond donors (Lipinski definition) is 0. The average Bonchev–Trinajstić information content (AvgIpc) is 2.40. The van der Waals surface area contributed by atoms with Gasteiger partial charge in [0.05, 0.1) is 18.1 Å². The van der Waals surface area contributed by atoms with Crippen LogP contribution in [-0.2, 0) is 4.79 Å². The van der Waals surface area contributed by atoms with Crippen LogP contribution >= 0.6 is 23.2 Å². The second-order valence-electron chi connectivity index (χ2n) is 4.64. The molecule has 0 atom stereocenters. The van der Waals surface area contributed by atoms with E-state index in [-0.39, 0.29) is 24.8 Å². The molecule has 1 aromatic rings. The number of rotatable bonds is 6. The Labute approximate surface area is 129 Å². The molecule has 0 saturated heterocycles. The van der Waals surface area contributed by atoms with E-state index in [1.165, 1.54) is 4.90 Å². The Morgan fingerprint density at radius 3 is 2.35 bits per heavy atom. The molecule has 4 nitrogen and oxygen atoms in total. The molecule has 0 aliphatic rings. The lowest BCUT2D eigenvalue weighted by Gasteiger charge is -2.21. The summed E-state index contributed by atoms with van der Waals surface area (Å²) in [5, 5.41) is 0.833. The highest BCUT2D eigenvalue weighted by molar-refractivity contribution is 6.36. The molecule has 0 bridgehead atoms. The Kier molecular flexibility index (Phi) is 6.46. The van der Waals surface area contributed by atoms with E-state index in [0.29, 0.717) is 22.2 Å². The van der Waals surface area contributed by atoms with Crippen LogP contribution in [0, 0.1) is 0 Å². The van der Waals surface area contributed by atoms with Crippen LogP contribution in [0.5, 0.6) is 0 Å². The number of halogens is 2. The number of likely N-dealkylation sites (N-methyl/N-ethyl adjacent to an activating group) is 2. The topological polar surface area (TPSA) is 40.6 Å². The van der Waals surface area contributed by atoms with Gasteiger partial charge in [0.2, 0.25) is 5.91 Å². The molecule has 0 spiro atoms. The van der Waals surface area contributed by atoms with Gasteiger partial charge in [-0.1, -0.05) is 30.1 Å².